The lowest BCUT2D eigenvalue weighted by atomic mass is 10.4. The molecule has 1 saturated heterocycles. The maximum atomic E-state index is 11.3. The number of rotatable bonds is 11. The summed E-state index contributed by atoms with van der Waals surface area (Å²) >= 11 is 0. The highest BCUT2D eigenvalue weighted by atomic mass is 28.4. The van der Waals surface area contributed by atoms with Crippen molar-refractivity contribution in [3.05, 3.63) is 0 Å². The van der Waals surface area contributed by atoms with Crippen LogP contribution in [0.25, 0.3) is 0 Å². The van der Waals surface area contributed by atoms with Crippen LogP contribution >= 0.6 is 0 Å². The van der Waals surface area contributed by atoms with Crippen molar-refractivity contribution in [3.63, 3.8) is 0 Å². The molecule has 0 aliphatic carbocycles. The summed E-state index contributed by atoms with van der Waals surface area (Å²) in [7, 11) is -1.11. The van der Waals surface area contributed by atoms with Crippen LogP contribution in [0.4, 0.5) is 0 Å². The van der Waals surface area contributed by atoms with Gasteiger partial charge < -0.3 is 18.0 Å². The van der Waals surface area contributed by atoms with Crippen LogP contribution in [0.15, 0.2) is 0 Å². The molecule has 0 saturated carbocycles. The fourth-order valence-corrected chi connectivity index (χ4v) is 4.88. The van der Waals surface area contributed by atoms with E-state index in [2.05, 4.69) is 4.90 Å². The summed E-state index contributed by atoms with van der Waals surface area (Å²) < 4.78 is 22.1. The van der Waals surface area contributed by atoms with Gasteiger partial charge in [0.15, 0.2) is 0 Å². The summed E-state index contributed by atoms with van der Waals surface area (Å²) in [5.74, 6) is -0.145. The lowest BCUT2D eigenvalue weighted by Gasteiger charge is -2.28. The van der Waals surface area contributed by atoms with E-state index in [-0.39, 0.29) is 12.0 Å². The minimum absolute atomic E-state index is 0.0534. The normalized spacial score (nSPS) is 21.8. The predicted molar refractivity (Wildman–Crippen MR) is 77.4 cm³/mol. The Labute approximate surface area is 122 Å². The fraction of sp³-hybridized carbons (Fsp3) is 0.923. The quantitative estimate of drug-likeness (QED) is 0.326. The summed E-state index contributed by atoms with van der Waals surface area (Å²) in [4.78, 5) is 13.4. The van der Waals surface area contributed by atoms with Crippen molar-refractivity contribution in [2.45, 2.75) is 39.3 Å². The average molecular weight is 305 g/mol. The van der Waals surface area contributed by atoms with E-state index >= 15 is 0 Å². The molecule has 0 amide bonds. The number of methoxy groups -OCH3 is 1. The molecule has 2 unspecified atom stereocenters. The molecule has 0 radical (unpaired) electrons. The maximum Gasteiger partial charge on any atom is 0.500 e. The van der Waals surface area contributed by atoms with Gasteiger partial charge in [-0.1, -0.05) is 0 Å². The highest BCUT2D eigenvalue weighted by Gasteiger charge is 2.43. The number of hydrogen-bond acceptors (Lipinski definition) is 6. The molecule has 20 heavy (non-hydrogen) atoms. The van der Waals surface area contributed by atoms with Gasteiger partial charge in [0.25, 0.3) is 0 Å². The summed E-state index contributed by atoms with van der Waals surface area (Å²) in [5.41, 5.74) is 0. The van der Waals surface area contributed by atoms with E-state index < -0.39 is 8.80 Å². The molecule has 0 aromatic rings. The van der Waals surface area contributed by atoms with Gasteiger partial charge in [-0.2, -0.15) is 0 Å². The summed E-state index contributed by atoms with van der Waals surface area (Å²) in [6.07, 6.45) is 0.902. The van der Waals surface area contributed by atoms with Gasteiger partial charge in [0.1, 0.15) is 6.04 Å². The first kappa shape index (κ1) is 17.6. The summed E-state index contributed by atoms with van der Waals surface area (Å²) in [5, 5.41) is 0. The smallest absolute Gasteiger partial charge is 0.468 e. The molecule has 1 heterocycles. The van der Waals surface area contributed by atoms with Crippen molar-refractivity contribution < 1.29 is 22.8 Å². The predicted octanol–water partition coefficient (Wildman–Crippen LogP) is 1.28. The first-order chi connectivity index (χ1) is 9.62. The van der Waals surface area contributed by atoms with E-state index in [4.69, 9.17) is 18.0 Å². The van der Waals surface area contributed by atoms with Crippen molar-refractivity contribution in [2.24, 2.45) is 0 Å². The third-order valence-electron chi connectivity index (χ3n) is 3.21. The van der Waals surface area contributed by atoms with E-state index in [0.717, 1.165) is 25.6 Å². The molecule has 0 aromatic carbocycles. The molecule has 2 atom stereocenters. The number of carbonyl (C=O) groups excluding carboxylic acids is 1. The molecular weight excluding hydrogens is 278 g/mol. The van der Waals surface area contributed by atoms with Crippen molar-refractivity contribution >= 4 is 14.8 Å². The van der Waals surface area contributed by atoms with Gasteiger partial charge in [-0.05, 0) is 33.7 Å². The molecular formula is C13H27NO5Si. The van der Waals surface area contributed by atoms with Gasteiger partial charge in [0.05, 0.1) is 7.11 Å². The third-order valence-corrected chi connectivity index (χ3v) is 6.36. The van der Waals surface area contributed by atoms with Crippen molar-refractivity contribution in [3.8, 4) is 0 Å². The standard InChI is InChI=1S/C13H27NO5Si/c1-5-17-20(18-6-2,19-7-3)10-8-9-14-11-12(14)13(15)16-4/h12H,5-11H2,1-4H3. The fourth-order valence-electron chi connectivity index (χ4n) is 2.28. The third kappa shape index (κ3) is 5.14. The lowest BCUT2D eigenvalue weighted by molar-refractivity contribution is -0.140. The summed E-state index contributed by atoms with van der Waals surface area (Å²) in [6, 6.07) is 0.731. The molecule has 7 heteroatoms. The Morgan fingerprint density at radius 1 is 1.15 bits per heavy atom. The van der Waals surface area contributed by atoms with Gasteiger partial charge in [-0.15, -0.1) is 0 Å². The zero-order valence-electron chi connectivity index (χ0n) is 13.0. The number of nitrogens with zero attached hydrogens (tertiary/aromatic N) is 1. The zero-order valence-corrected chi connectivity index (χ0v) is 14.0. The molecule has 0 aromatic heterocycles. The van der Waals surface area contributed by atoms with E-state index in [1.54, 1.807) is 0 Å². The second-order valence-corrected chi connectivity index (χ2v) is 7.35. The van der Waals surface area contributed by atoms with Crippen LogP contribution in [-0.2, 0) is 22.8 Å². The van der Waals surface area contributed by atoms with Crippen LogP contribution in [0.3, 0.4) is 0 Å². The van der Waals surface area contributed by atoms with Crippen LogP contribution < -0.4 is 0 Å². The SMILES string of the molecule is CCO[Si](CCCN1CC1C(=O)OC)(OCC)OCC. The molecule has 0 bridgehead atoms. The molecule has 118 valence electrons. The van der Waals surface area contributed by atoms with E-state index in [1.165, 1.54) is 7.11 Å². The van der Waals surface area contributed by atoms with Crippen LogP contribution in [0.1, 0.15) is 27.2 Å². The Bertz CT molecular complexity index is 285. The highest BCUT2D eigenvalue weighted by molar-refractivity contribution is 6.60. The second-order valence-electron chi connectivity index (χ2n) is 4.62. The highest BCUT2D eigenvalue weighted by Crippen LogP contribution is 2.23. The van der Waals surface area contributed by atoms with Gasteiger partial charge in [0.2, 0.25) is 0 Å². The molecule has 1 fully saturated rings. The number of esters is 1. The van der Waals surface area contributed by atoms with E-state index in [1.807, 2.05) is 20.8 Å². The van der Waals surface area contributed by atoms with Gasteiger partial charge in [-0.25, -0.2) is 0 Å². The molecule has 1 rings (SSSR count). The van der Waals surface area contributed by atoms with Crippen LogP contribution in [-0.4, -0.2) is 65.7 Å². The number of ether oxygens (including phenoxy) is 1. The molecule has 0 spiro atoms. The summed E-state index contributed by atoms with van der Waals surface area (Å²) in [6.45, 7) is 9.30. The van der Waals surface area contributed by atoms with Crippen LogP contribution in [0, 0.1) is 0 Å². The Kier molecular flexibility index (Phi) is 7.68. The number of carbonyl (C=O) groups is 1. The van der Waals surface area contributed by atoms with Gasteiger partial charge >= 0.3 is 14.8 Å². The number of hydrogen-bond donors (Lipinski definition) is 0. The Hall–Kier alpha value is -0.473. The molecule has 1 aliphatic heterocycles. The molecule has 1 aliphatic rings. The van der Waals surface area contributed by atoms with Crippen molar-refractivity contribution in [1.29, 1.82) is 0 Å². The minimum atomic E-state index is -2.53. The molecule has 0 N–H and O–H groups in total. The maximum absolute atomic E-state index is 11.3. The van der Waals surface area contributed by atoms with E-state index in [0.29, 0.717) is 19.8 Å². The second kappa shape index (κ2) is 8.73. The first-order valence-corrected chi connectivity index (χ1v) is 9.29. The Morgan fingerprint density at radius 2 is 1.70 bits per heavy atom. The minimum Gasteiger partial charge on any atom is -0.468 e. The topological polar surface area (TPSA) is 57.0 Å². The van der Waals surface area contributed by atoms with Gasteiger partial charge in [0, 0.05) is 32.4 Å². The van der Waals surface area contributed by atoms with Crippen LogP contribution in [0.5, 0.6) is 0 Å². The lowest BCUT2D eigenvalue weighted by Crippen LogP contribution is -2.46. The average Bonchev–Trinajstić information content (AvgIpc) is 3.18. The van der Waals surface area contributed by atoms with E-state index in [9.17, 15) is 4.79 Å². The largest absolute Gasteiger partial charge is 0.500 e. The Morgan fingerprint density at radius 3 is 2.15 bits per heavy atom. The van der Waals surface area contributed by atoms with Crippen molar-refractivity contribution in [1.82, 2.24) is 4.90 Å². The monoisotopic (exact) mass is 305 g/mol. The van der Waals surface area contributed by atoms with Gasteiger partial charge in [-0.3, -0.25) is 9.69 Å². The van der Waals surface area contributed by atoms with Crippen molar-refractivity contribution in [2.75, 3.05) is 40.0 Å². The zero-order chi connectivity index (χ0) is 15.0. The Balaban J connectivity index is 2.36. The first-order valence-electron chi connectivity index (χ1n) is 7.36. The molecule has 6 nitrogen and oxygen atoms in total. The van der Waals surface area contributed by atoms with Crippen LogP contribution in [0.2, 0.25) is 6.04 Å².